The second-order valence-electron chi connectivity index (χ2n) is 5.37. The summed E-state index contributed by atoms with van der Waals surface area (Å²) in [5, 5.41) is 2.62. The minimum atomic E-state index is -0.507. The Kier molecular flexibility index (Phi) is 4.61. The lowest BCUT2D eigenvalue weighted by atomic mass is 9.97. The van der Waals surface area contributed by atoms with Crippen LogP contribution in [0.25, 0.3) is 0 Å². The molecule has 5 heteroatoms. The smallest absolute Gasteiger partial charge is 0.312 e. The number of nitrogens with two attached hydrogens (primary N) is 1. The highest BCUT2D eigenvalue weighted by atomic mass is 16.2. The van der Waals surface area contributed by atoms with Crippen molar-refractivity contribution in [1.82, 2.24) is 10.2 Å². The molecule has 1 atom stereocenters. The average Bonchev–Trinajstić information content (AvgIpc) is 2.44. The summed E-state index contributed by atoms with van der Waals surface area (Å²) in [5.74, 6) is 0.350. The van der Waals surface area contributed by atoms with Crippen LogP contribution in [0.3, 0.4) is 0 Å². The van der Waals surface area contributed by atoms with Gasteiger partial charge in [0.2, 0.25) is 0 Å². The fraction of sp³-hybridized carbons (Fsp3) is 0.467. The number of nitrogens with one attached hydrogen (secondary N) is 1. The third-order valence-corrected chi connectivity index (χ3v) is 3.64. The summed E-state index contributed by atoms with van der Waals surface area (Å²) in [4.78, 5) is 25.1. The van der Waals surface area contributed by atoms with E-state index in [1.54, 1.807) is 0 Å². The number of benzene rings is 1. The molecule has 1 saturated heterocycles. The number of aryl methyl sites for hydroxylation is 1. The lowest BCUT2D eigenvalue weighted by Gasteiger charge is -2.32. The van der Waals surface area contributed by atoms with Crippen molar-refractivity contribution >= 4 is 11.9 Å². The largest absolute Gasteiger partial charge is 0.352 e. The summed E-state index contributed by atoms with van der Waals surface area (Å²) in [7, 11) is 0. The van der Waals surface area contributed by atoms with Gasteiger partial charge in [-0.05, 0) is 37.8 Å². The van der Waals surface area contributed by atoms with Crippen molar-refractivity contribution in [2.45, 2.75) is 19.8 Å². The van der Waals surface area contributed by atoms with Crippen LogP contribution in [0.1, 0.15) is 28.8 Å². The molecule has 1 aliphatic heterocycles. The van der Waals surface area contributed by atoms with E-state index in [1.807, 2.05) is 36.1 Å². The van der Waals surface area contributed by atoms with E-state index in [4.69, 9.17) is 5.73 Å². The zero-order valence-corrected chi connectivity index (χ0v) is 11.8. The second-order valence-corrected chi connectivity index (χ2v) is 5.37. The van der Waals surface area contributed by atoms with Crippen molar-refractivity contribution < 1.29 is 9.59 Å². The highest BCUT2D eigenvalue weighted by Crippen LogP contribution is 2.18. The number of hydrogen-bond donors (Lipinski definition) is 2. The van der Waals surface area contributed by atoms with Gasteiger partial charge in [-0.25, -0.2) is 4.79 Å². The first-order chi connectivity index (χ1) is 9.56. The number of carbonyl (C=O) groups excluding carboxylic acids is 2. The van der Waals surface area contributed by atoms with E-state index in [-0.39, 0.29) is 11.8 Å². The van der Waals surface area contributed by atoms with Crippen molar-refractivity contribution in [2.24, 2.45) is 11.7 Å². The molecule has 3 N–H and O–H groups in total. The third-order valence-electron chi connectivity index (χ3n) is 3.64. The van der Waals surface area contributed by atoms with Crippen molar-refractivity contribution in [2.75, 3.05) is 19.6 Å². The molecule has 20 heavy (non-hydrogen) atoms. The summed E-state index contributed by atoms with van der Waals surface area (Å²) in [6.45, 7) is 3.96. The van der Waals surface area contributed by atoms with Crippen LogP contribution in [0.2, 0.25) is 0 Å². The van der Waals surface area contributed by atoms with E-state index in [2.05, 4.69) is 5.32 Å². The van der Waals surface area contributed by atoms with Crippen LogP contribution in [-0.2, 0) is 0 Å². The Morgan fingerprint density at radius 1 is 1.45 bits per heavy atom. The number of nitrogens with zero attached hydrogens (tertiary/aromatic N) is 1. The summed E-state index contributed by atoms with van der Waals surface area (Å²) in [6, 6.07) is 7.13. The molecule has 1 aliphatic rings. The van der Waals surface area contributed by atoms with Crippen molar-refractivity contribution in [1.29, 1.82) is 0 Å². The molecule has 1 fully saturated rings. The van der Waals surface area contributed by atoms with Crippen LogP contribution in [0.4, 0.5) is 4.79 Å². The fourth-order valence-electron chi connectivity index (χ4n) is 2.62. The van der Waals surface area contributed by atoms with E-state index in [1.165, 1.54) is 0 Å². The maximum atomic E-state index is 12.4. The van der Waals surface area contributed by atoms with Crippen molar-refractivity contribution in [3.05, 3.63) is 35.4 Å². The fourth-order valence-corrected chi connectivity index (χ4v) is 2.62. The number of rotatable bonds is 3. The standard InChI is InChI=1S/C15H21N3O2/c1-11-4-2-6-13(8-11)14(19)18-7-3-5-12(10-18)9-17-15(16)20/h2,4,6,8,12H,3,5,7,9-10H2,1H3,(H3,16,17,20). The molecule has 0 aromatic heterocycles. The summed E-state index contributed by atoms with van der Waals surface area (Å²) < 4.78 is 0. The predicted octanol–water partition coefficient (Wildman–Crippen LogP) is 1.52. The average molecular weight is 275 g/mol. The van der Waals surface area contributed by atoms with Gasteiger partial charge in [0.05, 0.1) is 0 Å². The Morgan fingerprint density at radius 3 is 2.95 bits per heavy atom. The molecule has 1 aromatic rings. The van der Waals surface area contributed by atoms with Gasteiger partial charge in [0.25, 0.3) is 5.91 Å². The van der Waals surface area contributed by atoms with E-state index in [9.17, 15) is 9.59 Å². The minimum absolute atomic E-state index is 0.0671. The highest BCUT2D eigenvalue weighted by Gasteiger charge is 2.24. The normalized spacial score (nSPS) is 18.6. The molecule has 3 amide bonds. The second kappa shape index (κ2) is 6.41. The quantitative estimate of drug-likeness (QED) is 0.877. The van der Waals surface area contributed by atoms with Gasteiger partial charge in [0.1, 0.15) is 0 Å². The van der Waals surface area contributed by atoms with E-state index < -0.39 is 6.03 Å². The minimum Gasteiger partial charge on any atom is -0.352 e. The van der Waals surface area contributed by atoms with Gasteiger partial charge in [-0.3, -0.25) is 4.79 Å². The maximum Gasteiger partial charge on any atom is 0.312 e. The van der Waals surface area contributed by atoms with Crippen LogP contribution in [0.15, 0.2) is 24.3 Å². The molecule has 1 unspecified atom stereocenters. The van der Waals surface area contributed by atoms with Gasteiger partial charge in [-0.15, -0.1) is 0 Å². The molecule has 2 rings (SSSR count). The number of urea groups is 1. The molecule has 0 spiro atoms. The Bertz CT molecular complexity index is 502. The lowest BCUT2D eigenvalue weighted by Crippen LogP contribution is -2.44. The van der Waals surface area contributed by atoms with Crippen LogP contribution >= 0.6 is 0 Å². The van der Waals surface area contributed by atoms with Gasteiger partial charge in [-0.2, -0.15) is 0 Å². The number of hydrogen-bond acceptors (Lipinski definition) is 2. The molecule has 1 heterocycles. The first kappa shape index (κ1) is 14.4. The van der Waals surface area contributed by atoms with Gasteiger partial charge >= 0.3 is 6.03 Å². The number of primary amides is 1. The van der Waals surface area contributed by atoms with Crippen molar-refractivity contribution in [3.8, 4) is 0 Å². The van der Waals surface area contributed by atoms with Gasteiger partial charge in [-0.1, -0.05) is 17.7 Å². The molecule has 0 saturated carbocycles. The summed E-state index contributed by atoms with van der Waals surface area (Å²) in [5.41, 5.74) is 6.89. The number of amides is 3. The molecule has 0 bridgehead atoms. The zero-order chi connectivity index (χ0) is 14.5. The van der Waals surface area contributed by atoms with E-state index in [0.717, 1.165) is 30.5 Å². The van der Waals surface area contributed by atoms with E-state index >= 15 is 0 Å². The number of carbonyl (C=O) groups is 2. The van der Waals surface area contributed by atoms with Gasteiger partial charge in [0, 0.05) is 25.2 Å². The number of piperidine rings is 1. The summed E-state index contributed by atoms with van der Waals surface area (Å²) >= 11 is 0. The number of likely N-dealkylation sites (tertiary alicyclic amines) is 1. The Labute approximate surface area is 119 Å². The Balaban J connectivity index is 1.98. The first-order valence-electron chi connectivity index (χ1n) is 6.95. The molecule has 0 radical (unpaired) electrons. The van der Waals surface area contributed by atoms with Crippen LogP contribution in [0.5, 0.6) is 0 Å². The molecule has 5 nitrogen and oxygen atoms in total. The first-order valence-corrected chi connectivity index (χ1v) is 6.95. The molecular formula is C15H21N3O2. The van der Waals surface area contributed by atoms with Crippen LogP contribution in [0, 0.1) is 12.8 Å². The maximum absolute atomic E-state index is 12.4. The predicted molar refractivity (Wildman–Crippen MR) is 77.4 cm³/mol. The lowest BCUT2D eigenvalue weighted by molar-refractivity contribution is 0.0675. The highest BCUT2D eigenvalue weighted by molar-refractivity contribution is 5.94. The van der Waals surface area contributed by atoms with Crippen molar-refractivity contribution in [3.63, 3.8) is 0 Å². The molecule has 108 valence electrons. The summed E-state index contributed by atoms with van der Waals surface area (Å²) in [6.07, 6.45) is 1.97. The van der Waals surface area contributed by atoms with Gasteiger partial charge in [0.15, 0.2) is 0 Å². The Hall–Kier alpha value is -2.04. The topological polar surface area (TPSA) is 75.4 Å². The molecule has 0 aliphatic carbocycles. The Morgan fingerprint density at radius 2 is 2.25 bits per heavy atom. The molecular weight excluding hydrogens is 254 g/mol. The van der Waals surface area contributed by atoms with Crippen LogP contribution < -0.4 is 11.1 Å². The monoisotopic (exact) mass is 275 g/mol. The third kappa shape index (κ3) is 3.73. The zero-order valence-electron chi connectivity index (χ0n) is 11.8. The molecule has 1 aromatic carbocycles. The SMILES string of the molecule is Cc1cccc(C(=O)N2CCCC(CNC(N)=O)C2)c1. The van der Waals surface area contributed by atoms with Gasteiger partial charge < -0.3 is 16.0 Å². The van der Waals surface area contributed by atoms with Crippen LogP contribution in [-0.4, -0.2) is 36.5 Å². The van der Waals surface area contributed by atoms with E-state index in [0.29, 0.717) is 13.1 Å².